The van der Waals surface area contributed by atoms with Gasteiger partial charge in [-0.25, -0.2) is 4.42 Å². The second-order valence-corrected chi connectivity index (χ2v) is 2.49. The van der Waals surface area contributed by atoms with Crippen molar-refractivity contribution in [1.29, 1.82) is 0 Å². The maximum absolute atomic E-state index is 9.13. The van der Waals surface area contributed by atoms with Crippen molar-refractivity contribution >= 4 is 11.0 Å². The van der Waals surface area contributed by atoms with Gasteiger partial charge in [0.2, 0.25) is 0 Å². The van der Waals surface area contributed by atoms with Crippen LogP contribution < -0.4 is 0 Å². The van der Waals surface area contributed by atoms with E-state index in [0.29, 0.717) is 5.58 Å². The average Bonchev–Trinajstić information content (AvgIpc) is 2.07. The summed E-state index contributed by atoms with van der Waals surface area (Å²) >= 11 is 0. The van der Waals surface area contributed by atoms with E-state index in [-0.39, 0.29) is 11.5 Å². The van der Waals surface area contributed by atoms with Gasteiger partial charge in [0, 0.05) is 12.1 Å². The third kappa shape index (κ3) is 0.955. The first-order valence-corrected chi connectivity index (χ1v) is 3.50. The smallest absolute Gasteiger partial charge is 0.363 e. The predicted molar refractivity (Wildman–Crippen MR) is 44.0 cm³/mol. The Balaban J connectivity index is 2.84. The zero-order chi connectivity index (χ0) is 8.55. The van der Waals surface area contributed by atoms with Gasteiger partial charge in [-0.1, -0.05) is 0 Å². The van der Waals surface area contributed by atoms with E-state index in [0.717, 1.165) is 5.39 Å². The summed E-state index contributed by atoms with van der Waals surface area (Å²) in [6.45, 7) is 0. The third-order valence-corrected chi connectivity index (χ3v) is 1.66. The Bertz CT molecular complexity index is 383. The Morgan fingerprint density at radius 2 is 1.83 bits per heavy atom. The van der Waals surface area contributed by atoms with Crippen LogP contribution in [-0.4, -0.2) is 10.2 Å². The van der Waals surface area contributed by atoms with E-state index < -0.39 is 0 Å². The van der Waals surface area contributed by atoms with E-state index in [1.165, 1.54) is 18.4 Å². The number of fused-ring (bicyclic) bond motifs is 1. The molecule has 0 amide bonds. The standard InChI is InChI=1S/C9H6O3/c10-7-4-6-2-1-3-12-9(6)5-8(7)11/h1-5H,(H-,10,11)/p+1. The van der Waals surface area contributed by atoms with Gasteiger partial charge in [-0.15, -0.1) is 0 Å². The molecule has 60 valence electrons. The molecule has 3 heteroatoms. The Labute approximate surface area is 68.5 Å². The Kier molecular flexibility index (Phi) is 1.37. The molecule has 2 N–H and O–H groups in total. The van der Waals surface area contributed by atoms with Crippen molar-refractivity contribution in [1.82, 2.24) is 0 Å². The Hall–Kier alpha value is -1.77. The van der Waals surface area contributed by atoms with E-state index in [1.807, 2.05) is 0 Å². The Morgan fingerprint density at radius 1 is 1.08 bits per heavy atom. The minimum Gasteiger partial charge on any atom is -0.504 e. The molecule has 2 aromatic rings. The second kappa shape index (κ2) is 2.37. The molecule has 2 rings (SSSR count). The fraction of sp³-hybridized carbons (Fsp3) is 0. The number of phenols is 2. The SMILES string of the molecule is Oc1cc2ccc[o+]c2cc1O. The topological polar surface area (TPSA) is 51.8 Å². The molecule has 12 heavy (non-hydrogen) atoms. The summed E-state index contributed by atoms with van der Waals surface area (Å²) in [5.41, 5.74) is 0.549. The monoisotopic (exact) mass is 163 g/mol. The van der Waals surface area contributed by atoms with Crippen LogP contribution in [0.1, 0.15) is 0 Å². The fourth-order valence-electron chi connectivity index (χ4n) is 1.06. The zero-order valence-electron chi connectivity index (χ0n) is 6.19. The van der Waals surface area contributed by atoms with Gasteiger partial charge in [-0.3, -0.25) is 0 Å². The number of phenolic OH excluding ortho intramolecular Hbond substituents is 2. The molecule has 0 bridgehead atoms. The molecule has 0 fully saturated rings. The van der Waals surface area contributed by atoms with Crippen molar-refractivity contribution < 1.29 is 14.6 Å². The summed E-state index contributed by atoms with van der Waals surface area (Å²) in [6, 6.07) is 6.34. The lowest BCUT2D eigenvalue weighted by atomic mass is 10.2. The van der Waals surface area contributed by atoms with Crippen LogP contribution in [0.5, 0.6) is 11.5 Å². The molecule has 0 saturated carbocycles. The highest BCUT2D eigenvalue weighted by Gasteiger charge is 2.09. The quantitative estimate of drug-likeness (QED) is 0.462. The van der Waals surface area contributed by atoms with E-state index >= 15 is 0 Å². The summed E-state index contributed by atoms with van der Waals surface area (Å²) < 4.78 is 5.08. The van der Waals surface area contributed by atoms with Crippen LogP contribution in [0.15, 0.2) is 34.9 Å². The third-order valence-electron chi connectivity index (χ3n) is 1.66. The van der Waals surface area contributed by atoms with Gasteiger partial charge < -0.3 is 10.2 Å². The minimum absolute atomic E-state index is 0.135. The molecular weight excluding hydrogens is 156 g/mol. The van der Waals surface area contributed by atoms with Crippen LogP contribution in [0.25, 0.3) is 11.0 Å². The summed E-state index contributed by atoms with van der Waals surface area (Å²) in [4.78, 5) is 0. The van der Waals surface area contributed by atoms with Gasteiger partial charge in [-0.05, 0) is 6.07 Å². The normalized spacial score (nSPS) is 10.3. The van der Waals surface area contributed by atoms with Crippen molar-refractivity contribution in [2.24, 2.45) is 0 Å². The van der Waals surface area contributed by atoms with Gasteiger partial charge in [0.25, 0.3) is 0 Å². The van der Waals surface area contributed by atoms with Crippen LogP contribution in [0, 0.1) is 0 Å². The highest BCUT2D eigenvalue weighted by atomic mass is 16.3. The number of aromatic hydroxyl groups is 2. The molecule has 0 atom stereocenters. The number of benzene rings is 1. The van der Waals surface area contributed by atoms with Crippen LogP contribution >= 0.6 is 0 Å². The molecule has 0 spiro atoms. The molecule has 0 unspecified atom stereocenters. The molecule has 3 nitrogen and oxygen atoms in total. The molecule has 1 aromatic heterocycles. The number of rotatable bonds is 0. The number of hydrogen-bond acceptors (Lipinski definition) is 2. The Morgan fingerprint density at radius 3 is 2.67 bits per heavy atom. The molecule has 0 saturated heterocycles. The van der Waals surface area contributed by atoms with Gasteiger partial charge in [0.1, 0.15) is 0 Å². The molecule has 1 aromatic carbocycles. The lowest BCUT2D eigenvalue weighted by molar-refractivity contribution is 0.403. The maximum atomic E-state index is 9.13. The van der Waals surface area contributed by atoms with Crippen molar-refractivity contribution in [3.63, 3.8) is 0 Å². The zero-order valence-corrected chi connectivity index (χ0v) is 6.19. The largest absolute Gasteiger partial charge is 0.504 e. The summed E-state index contributed by atoms with van der Waals surface area (Å²) in [5, 5.41) is 19.0. The first kappa shape index (κ1) is 6.91. The molecular formula is C9H7O3+. The summed E-state index contributed by atoms with van der Waals surface area (Å²) in [6.07, 6.45) is 1.51. The highest BCUT2D eigenvalue weighted by Crippen LogP contribution is 2.29. The molecule has 0 radical (unpaired) electrons. The first-order chi connectivity index (χ1) is 5.77. The van der Waals surface area contributed by atoms with Crippen molar-refractivity contribution in [2.75, 3.05) is 0 Å². The molecule has 0 aliphatic rings. The average molecular weight is 163 g/mol. The first-order valence-electron chi connectivity index (χ1n) is 3.50. The summed E-state index contributed by atoms with van der Waals surface area (Å²) in [5.74, 6) is -0.304. The second-order valence-electron chi connectivity index (χ2n) is 2.49. The van der Waals surface area contributed by atoms with Crippen LogP contribution in [0.3, 0.4) is 0 Å². The van der Waals surface area contributed by atoms with E-state index in [1.54, 1.807) is 12.1 Å². The lowest BCUT2D eigenvalue weighted by Crippen LogP contribution is -1.72. The van der Waals surface area contributed by atoms with Crippen LogP contribution in [0.4, 0.5) is 0 Å². The lowest BCUT2D eigenvalue weighted by Gasteiger charge is -1.93. The minimum atomic E-state index is -0.169. The maximum Gasteiger partial charge on any atom is 0.363 e. The van der Waals surface area contributed by atoms with Gasteiger partial charge in [-0.2, -0.15) is 0 Å². The van der Waals surface area contributed by atoms with E-state index in [2.05, 4.69) is 0 Å². The number of hydrogen-bond donors (Lipinski definition) is 2. The predicted octanol–water partition coefficient (Wildman–Crippen LogP) is 2.13. The van der Waals surface area contributed by atoms with Crippen LogP contribution in [-0.2, 0) is 0 Å². The van der Waals surface area contributed by atoms with Gasteiger partial charge in [0.15, 0.2) is 11.5 Å². The van der Waals surface area contributed by atoms with E-state index in [9.17, 15) is 0 Å². The van der Waals surface area contributed by atoms with Crippen molar-refractivity contribution in [3.8, 4) is 11.5 Å². The van der Waals surface area contributed by atoms with Gasteiger partial charge in [0.05, 0.1) is 11.5 Å². The van der Waals surface area contributed by atoms with Gasteiger partial charge >= 0.3 is 11.8 Å². The molecule has 0 aliphatic heterocycles. The highest BCUT2D eigenvalue weighted by molar-refractivity contribution is 5.80. The van der Waals surface area contributed by atoms with Crippen molar-refractivity contribution in [3.05, 3.63) is 30.5 Å². The molecule has 0 aliphatic carbocycles. The van der Waals surface area contributed by atoms with E-state index in [4.69, 9.17) is 14.6 Å². The van der Waals surface area contributed by atoms with Crippen LogP contribution in [0.2, 0.25) is 0 Å². The summed E-state index contributed by atoms with van der Waals surface area (Å²) in [7, 11) is 0. The van der Waals surface area contributed by atoms with Crippen molar-refractivity contribution in [2.45, 2.75) is 0 Å². The fourth-order valence-corrected chi connectivity index (χ4v) is 1.06. The molecule has 1 heterocycles.